The molecule has 0 bridgehead atoms. The summed E-state index contributed by atoms with van der Waals surface area (Å²) in [7, 11) is 0. The minimum atomic E-state index is -0.934. The van der Waals surface area contributed by atoms with E-state index in [4.69, 9.17) is 4.74 Å². The molecule has 154 valence electrons. The van der Waals surface area contributed by atoms with Gasteiger partial charge in [0.25, 0.3) is 5.56 Å². The summed E-state index contributed by atoms with van der Waals surface area (Å²) in [4.78, 5) is 21.6. The van der Waals surface area contributed by atoms with Crippen LogP contribution in [0.5, 0.6) is 11.5 Å². The molecule has 0 unspecified atom stereocenters. The van der Waals surface area contributed by atoms with Gasteiger partial charge in [-0.25, -0.2) is 13.8 Å². The maximum absolute atomic E-state index is 14.0. The first-order valence-corrected chi connectivity index (χ1v) is 9.26. The van der Waals surface area contributed by atoms with Crippen molar-refractivity contribution in [2.24, 2.45) is 0 Å². The van der Waals surface area contributed by atoms with Crippen molar-refractivity contribution < 1.29 is 18.6 Å². The molecule has 2 atom stereocenters. The van der Waals surface area contributed by atoms with E-state index >= 15 is 0 Å². The maximum atomic E-state index is 14.0. The van der Waals surface area contributed by atoms with Crippen LogP contribution in [-0.2, 0) is 6.54 Å². The van der Waals surface area contributed by atoms with Crippen molar-refractivity contribution >= 4 is 17.0 Å². The standard InChI is InChI=1S/C20H22F2N4O3/c1-4-11(2)24-20-23-9-13-7-17(29-16-6-5-14(21)8-15(16)22)19(28)26(10-12(3)27)18(13)25-20/h5-9,11-12,27H,4,10H2,1-3H3,(H,23,24,25)/t11-,12+/m0/s1. The van der Waals surface area contributed by atoms with Gasteiger partial charge < -0.3 is 15.2 Å². The van der Waals surface area contributed by atoms with Crippen LogP contribution in [0.15, 0.2) is 35.3 Å². The quantitative estimate of drug-likeness (QED) is 0.627. The number of fused-ring (bicyclic) bond motifs is 1. The molecule has 0 saturated heterocycles. The van der Waals surface area contributed by atoms with Crippen molar-refractivity contribution in [1.29, 1.82) is 0 Å². The molecule has 0 amide bonds. The molecule has 0 aliphatic heterocycles. The van der Waals surface area contributed by atoms with Crippen molar-refractivity contribution in [2.45, 2.75) is 45.9 Å². The van der Waals surface area contributed by atoms with Crippen LogP contribution in [0.3, 0.4) is 0 Å². The summed E-state index contributed by atoms with van der Waals surface area (Å²) in [5.74, 6) is -1.81. The Hall–Kier alpha value is -3.07. The van der Waals surface area contributed by atoms with Crippen LogP contribution in [0, 0.1) is 11.6 Å². The smallest absolute Gasteiger partial charge is 0.295 e. The number of anilines is 1. The second-order valence-corrected chi connectivity index (χ2v) is 6.88. The van der Waals surface area contributed by atoms with Crippen LogP contribution in [0.2, 0.25) is 0 Å². The Kier molecular flexibility index (Phi) is 6.07. The number of aliphatic hydroxyl groups excluding tert-OH is 1. The number of pyridine rings is 1. The number of nitrogens with one attached hydrogen (secondary N) is 1. The second kappa shape index (κ2) is 8.52. The Morgan fingerprint density at radius 3 is 2.66 bits per heavy atom. The first-order chi connectivity index (χ1) is 13.8. The SMILES string of the molecule is CC[C@H](C)Nc1ncc2cc(Oc3ccc(F)cc3F)c(=O)n(C[C@@H](C)O)c2n1. The van der Waals surface area contributed by atoms with Crippen LogP contribution in [0.1, 0.15) is 27.2 Å². The molecule has 0 aliphatic carbocycles. The van der Waals surface area contributed by atoms with E-state index in [1.807, 2.05) is 13.8 Å². The van der Waals surface area contributed by atoms with Gasteiger partial charge in [0, 0.05) is 23.7 Å². The molecule has 0 saturated carbocycles. The summed E-state index contributed by atoms with van der Waals surface area (Å²) in [6.45, 7) is 5.48. The molecule has 2 heterocycles. The number of hydrogen-bond donors (Lipinski definition) is 2. The lowest BCUT2D eigenvalue weighted by Gasteiger charge is -2.16. The molecule has 9 heteroatoms. The lowest BCUT2D eigenvalue weighted by Crippen LogP contribution is -2.27. The minimum absolute atomic E-state index is 0.0434. The summed E-state index contributed by atoms with van der Waals surface area (Å²) in [5.41, 5.74) is -0.293. The van der Waals surface area contributed by atoms with E-state index in [1.54, 1.807) is 0 Å². The first kappa shape index (κ1) is 20.7. The van der Waals surface area contributed by atoms with Gasteiger partial charge in [0.2, 0.25) is 5.95 Å². The molecule has 7 nitrogen and oxygen atoms in total. The van der Waals surface area contributed by atoms with Gasteiger partial charge in [-0.1, -0.05) is 6.92 Å². The third-order valence-electron chi connectivity index (χ3n) is 4.34. The van der Waals surface area contributed by atoms with E-state index in [0.717, 1.165) is 18.6 Å². The van der Waals surface area contributed by atoms with Crippen molar-refractivity contribution in [1.82, 2.24) is 14.5 Å². The van der Waals surface area contributed by atoms with Gasteiger partial charge >= 0.3 is 0 Å². The third kappa shape index (κ3) is 4.68. The van der Waals surface area contributed by atoms with Crippen molar-refractivity contribution in [3.05, 3.63) is 52.5 Å². The number of nitrogens with zero attached hydrogens (tertiary/aromatic N) is 3. The molecule has 0 radical (unpaired) electrons. The number of aromatic nitrogens is 3. The Labute approximate surface area is 166 Å². The Balaban J connectivity index is 2.11. The average Bonchev–Trinajstić information content (AvgIpc) is 2.67. The van der Waals surface area contributed by atoms with Crippen LogP contribution in [-0.4, -0.2) is 31.8 Å². The summed E-state index contributed by atoms with van der Waals surface area (Å²) in [6.07, 6.45) is 1.53. The van der Waals surface area contributed by atoms with Gasteiger partial charge in [0.15, 0.2) is 17.3 Å². The number of rotatable bonds is 7. The fourth-order valence-electron chi connectivity index (χ4n) is 2.71. The lowest BCUT2D eigenvalue weighted by atomic mass is 10.2. The van der Waals surface area contributed by atoms with E-state index in [9.17, 15) is 18.7 Å². The lowest BCUT2D eigenvalue weighted by molar-refractivity contribution is 0.173. The number of aliphatic hydroxyl groups is 1. The fraction of sp³-hybridized carbons (Fsp3) is 0.350. The molecule has 0 spiro atoms. The van der Waals surface area contributed by atoms with E-state index in [2.05, 4.69) is 15.3 Å². The van der Waals surface area contributed by atoms with Crippen molar-refractivity contribution in [3.63, 3.8) is 0 Å². The monoisotopic (exact) mass is 404 g/mol. The number of ether oxygens (including phenoxy) is 1. The van der Waals surface area contributed by atoms with E-state index in [1.165, 1.54) is 23.8 Å². The largest absolute Gasteiger partial charge is 0.448 e. The highest BCUT2D eigenvalue weighted by molar-refractivity contribution is 5.77. The summed E-state index contributed by atoms with van der Waals surface area (Å²) >= 11 is 0. The van der Waals surface area contributed by atoms with Crippen LogP contribution in [0.4, 0.5) is 14.7 Å². The molecule has 0 fully saturated rings. The highest BCUT2D eigenvalue weighted by atomic mass is 19.1. The zero-order valence-corrected chi connectivity index (χ0v) is 16.3. The molecule has 2 N–H and O–H groups in total. The van der Waals surface area contributed by atoms with Gasteiger partial charge in [-0.3, -0.25) is 9.36 Å². The molecule has 2 aromatic heterocycles. The zero-order valence-electron chi connectivity index (χ0n) is 16.3. The fourth-order valence-corrected chi connectivity index (χ4v) is 2.71. The molecule has 3 rings (SSSR count). The maximum Gasteiger partial charge on any atom is 0.295 e. The normalized spacial score (nSPS) is 13.3. The summed E-state index contributed by atoms with van der Waals surface area (Å²) in [6, 6.07) is 4.33. The Morgan fingerprint density at radius 1 is 1.24 bits per heavy atom. The highest BCUT2D eigenvalue weighted by Gasteiger charge is 2.17. The van der Waals surface area contributed by atoms with E-state index in [0.29, 0.717) is 23.0 Å². The van der Waals surface area contributed by atoms with Crippen LogP contribution >= 0.6 is 0 Å². The predicted octanol–water partition coefficient (Wildman–Crippen LogP) is 3.45. The molecular weight excluding hydrogens is 382 g/mol. The van der Waals surface area contributed by atoms with Crippen molar-refractivity contribution in [2.75, 3.05) is 5.32 Å². The first-order valence-electron chi connectivity index (χ1n) is 9.26. The Bertz CT molecular complexity index is 1090. The number of hydrogen-bond acceptors (Lipinski definition) is 6. The highest BCUT2D eigenvalue weighted by Crippen LogP contribution is 2.25. The zero-order chi connectivity index (χ0) is 21.1. The average molecular weight is 404 g/mol. The molecule has 3 aromatic rings. The Morgan fingerprint density at radius 2 is 2.00 bits per heavy atom. The summed E-state index contributed by atoms with van der Waals surface area (Å²) < 4.78 is 33.7. The number of halogens is 2. The molecule has 1 aromatic carbocycles. The van der Waals surface area contributed by atoms with Gasteiger partial charge in [-0.2, -0.15) is 4.98 Å². The summed E-state index contributed by atoms with van der Waals surface area (Å²) in [5, 5.41) is 13.4. The van der Waals surface area contributed by atoms with E-state index < -0.39 is 23.3 Å². The molecule has 29 heavy (non-hydrogen) atoms. The minimum Gasteiger partial charge on any atom is -0.448 e. The number of benzene rings is 1. The van der Waals surface area contributed by atoms with Gasteiger partial charge in [-0.15, -0.1) is 0 Å². The second-order valence-electron chi connectivity index (χ2n) is 6.88. The topological polar surface area (TPSA) is 89.3 Å². The molecule has 0 aliphatic rings. The third-order valence-corrected chi connectivity index (χ3v) is 4.34. The predicted molar refractivity (Wildman–Crippen MR) is 105 cm³/mol. The molecular formula is C20H22F2N4O3. The van der Waals surface area contributed by atoms with Gasteiger partial charge in [-0.05, 0) is 38.5 Å². The van der Waals surface area contributed by atoms with Crippen LogP contribution in [0.25, 0.3) is 11.0 Å². The van der Waals surface area contributed by atoms with Crippen LogP contribution < -0.4 is 15.6 Å². The van der Waals surface area contributed by atoms with Gasteiger partial charge in [0.1, 0.15) is 11.5 Å². The van der Waals surface area contributed by atoms with Crippen molar-refractivity contribution in [3.8, 4) is 11.5 Å². The van der Waals surface area contributed by atoms with E-state index in [-0.39, 0.29) is 24.1 Å². The van der Waals surface area contributed by atoms with Gasteiger partial charge in [0.05, 0.1) is 12.6 Å².